The SMILES string of the molecule is Cc1ccc2c(c1C)C(O)C(N)C2. The Morgan fingerprint density at radius 1 is 1.38 bits per heavy atom. The average Bonchev–Trinajstić information content (AvgIpc) is 2.37. The van der Waals surface area contributed by atoms with Crippen LogP contribution in [-0.2, 0) is 6.42 Å². The number of aliphatic hydroxyl groups is 1. The molecule has 0 heterocycles. The maximum Gasteiger partial charge on any atom is 0.0949 e. The van der Waals surface area contributed by atoms with E-state index in [1.165, 1.54) is 16.7 Å². The highest BCUT2D eigenvalue weighted by molar-refractivity contribution is 5.45. The second-order valence-corrected chi connectivity index (χ2v) is 3.89. The molecule has 2 atom stereocenters. The third-order valence-electron chi connectivity index (χ3n) is 3.03. The first kappa shape index (κ1) is 8.73. The number of aliphatic hydroxyl groups excluding tert-OH is 1. The van der Waals surface area contributed by atoms with Gasteiger partial charge < -0.3 is 10.8 Å². The summed E-state index contributed by atoms with van der Waals surface area (Å²) in [5, 5.41) is 9.83. The van der Waals surface area contributed by atoms with Crippen molar-refractivity contribution in [2.24, 2.45) is 5.73 Å². The molecule has 0 amide bonds. The molecular weight excluding hydrogens is 162 g/mol. The van der Waals surface area contributed by atoms with E-state index in [2.05, 4.69) is 26.0 Å². The summed E-state index contributed by atoms with van der Waals surface area (Å²) >= 11 is 0. The van der Waals surface area contributed by atoms with Gasteiger partial charge in [0.15, 0.2) is 0 Å². The summed E-state index contributed by atoms with van der Waals surface area (Å²) in [5.41, 5.74) is 10.5. The van der Waals surface area contributed by atoms with Crippen molar-refractivity contribution in [3.8, 4) is 0 Å². The molecule has 0 spiro atoms. The maximum absolute atomic E-state index is 9.83. The Kier molecular flexibility index (Phi) is 1.90. The summed E-state index contributed by atoms with van der Waals surface area (Å²) in [4.78, 5) is 0. The average molecular weight is 177 g/mol. The molecule has 1 aliphatic rings. The van der Waals surface area contributed by atoms with E-state index in [0.717, 1.165) is 12.0 Å². The van der Waals surface area contributed by atoms with E-state index in [9.17, 15) is 5.11 Å². The second kappa shape index (κ2) is 2.82. The number of nitrogens with two attached hydrogens (primary N) is 1. The van der Waals surface area contributed by atoms with Crippen LogP contribution in [0.3, 0.4) is 0 Å². The molecule has 1 aliphatic carbocycles. The van der Waals surface area contributed by atoms with Gasteiger partial charge in [0, 0.05) is 6.04 Å². The van der Waals surface area contributed by atoms with Crippen molar-refractivity contribution >= 4 is 0 Å². The van der Waals surface area contributed by atoms with E-state index in [0.29, 0.717) is 0 Å². The predicted molar refractivity (Wildman–Crippen MR) is 52.6 cm³/mol. The molecule has 0 aliphatic heterocycles. The Labute approximate surface area is 78.4 Å². The molecule has 0 aromatic heterocycles. The van der Waals surface area contributed by atoms with Crippen LogP contribution in [0.25, 0.3) is 0 Å². The van der Waals surface area contributed by atoms with E-state index in [4.69, 9.17) is 5.73 Å². The van der Waals surface area contributed by atoms with Gasteiger partial charge in [0.1, 0.15) is 0 Å². The van der Waals surface area contributed by atoms with Crippen LogP contribution in [0, 0.1) is 13.8 Å². The zero-order valence-corrected chi connectivity index (χ0v) is 8.04. The van der Waals surface area contributed by atoms with Gasteiger partial charge in [-0.1, -0.05) is 12.1 Å². The van der Waals surface area contributed by atoms with E-state index in [1.54, 1.807) is 0 Å². The molecule has 2 rings (SSSR count). The fourth-order valence-electron chi connectivity index (χ4n) is 2.06. The fourth-order valence-corrected chi connectivity index (χ4v) is 2.06. The first-order valence-corrected chi connectivity index (χ1v) is 4.64. The minimum absolute atomic E-state index is 0.115. The normalized spacial score (nSPS) is 26.2. The summed E-state index contributed by atoms with van der Waals surface area (Å²) in [7, 11) is 0. The molecule has 1 aromatic carbocycles. The molecule has 2 unspecified atom stereocenters. The summed E-state index contributed by atoms with van der Waals surface area (Å²) < 4.78 is 0. The summed E-state index contributed by atoms with van der Waals surface area (Å²) in [6.45, 7) is 4.11. The number of benzene rings is 1. The quantitative estimate of drug-likeness (QED) is 0.626. The standard InChI is InChI=1S/C11H15NO/c1-6-3-4-8-5-9(12)11(13)10(8)7(6)2/h3-4,9,11,13H,5,12H2,1-2H3. The van der Waals surface area contributed by atoms with Crippen LogP contribution < -0.4 is 5.73 Å². The lowest BCUT2D eigenvalue weighted by Gasteiger charge is -2.12. The minimum Gasteiger partial charge on any atom is -0.387 e. The molecule has 1 aromatic rings. The van der Waals surface area contributed by atoms with Gasteiger partial charge in [-0.25, -0.2) is 0 Å². The van der Waals surface area contributed by atoms with Crippen molar-refractivity contribution in [2.75, 3.05) is 0 Å². The molecule has 2 nitrogen and oxygen atoms in total. The number of hydrogen-bond donors (Lipinski definition) is 2. The molecule has 0 saturated heterocycles. The van der Waals surface area contributed by atoms with Crippen molar-refractivity contribution in [1.82, 2.24) is 0 Å². The van der Waals surface area contributed by atoms with Gasteiger partial charge in [-0.15, -0.1) is 0 Å². The molecule has 0 bridgehead atoms. The zero-order valence-electron chi connectivity index (χ0n) is 8.04. The van der Waals surface area contributed by atoms with Gasteiger partial charge in [-0.2, -0.15) is 0 Å². The molecule has 13 heavy (non-hydrogen) atoms. The highest BCUT2D eigenvalue weighted by atomic mass is 16.3. The van der Waals surface area contributed by atoms with Gasteiger partial charge in [0.05, 0.1) is 6.10 Å². The largest absolute Gasteiger partial charge is 0.387 e. The summed E-state index contributed by atoms with van der Waals surface area (Å²) in [6, 6.07) is 4.06. The van der Waals surface area contributed by atoms with E-state index < -0.39 is 6.10 Å². The van der Waals surface area contributed by atoms with Crippen molar-refractivity contribution in [3.63, 3.8) is 0 Å². The molecule has 0 fully saturated rings. The maximum atomic E-state index is 9.83. The van der Waals surface area contributed by atoms with Crippen LogP contribution in [0.15, 0.2) is 12.1 Å². The predicted octanol–water partition coefficient (Wildman–Crippen LogP) is 1.22. The second-order valence-electron chi connectivity index (χ2n) is 3.89. The topological polar surface area (TPSA) is 46.2 Å². The number of fused-ring (bicyclic) bond motifs is 1. The Morgan fingerprint density at radius 3 is 2.77 bits per heavy atom. The third kappa shape index (κ3) is 1.18. The molecule has 2 heteroatoms. The lowest BCUT2D eigenvalue weighted by atomic mass is 9.99. The first-order chi connectivity index (χ1) is 6.11. The number of hydrogen-bond acceptors (Lipinski definition) is 2. The monoisotopic (exact) mass is 177 g/mol. The summed E-state index contributed by atoms with van der Waals surface area (Å²) in [6.07, 6.45) is 0.340. The number of aryl methyl sites for hydroxylation is 1. The van der Waals surface area contributed by atoms with Crippen LogP contribution in [0.5, 0.6) is 0 Å². The van der Waals surface area contributed by atoms with Crippen molar-refractivity contribution in [2.45, 2.75) is 32.4 Å². The Morgan fingerprint density at radius 2 is 2.08 bits per heavy atom. The zero-order chi connectivity index (χ0) is 9.59. The van der Waals surface area contributed by atoms with Crippen molar-refractivity contribution in [1.29, 1.82) is 0 Å². The molecule has 0 saturated carbocycles. The highest BCUT2D eigenvalue weighted by Gasteiger charge is 2.29. The van der Waals surface area contributed by atoms with Crippen LogP contribution in [0.4, 0.5) is 0 Å². The van der Waals surface area contributed by atoms with Gasteiger partial charge in [0.2, 0.25) is 0 Å². The van der Waals surface area contributed by atoms with Crippen LogP contribution >= 0.6 is 0 Å². The number of rotatable bonds is 0. The van der Waals surface area contributed by atoms with E-state index in [-0.39, 0.29) is 6.04 Å². The van der Waals surface area contributed by atoms with Crippen LogP contribution in [-0.4, -0.2) is 11.1 Å². The third-order valence-corrected chi connectivity index (χ3v) is 3.03. The van der Waals surface area contributed by atoms with Crippen LogP contribution in [0.2, 0.25) is 0 Å². The van der Waals surface area contributed by atoms with E-state index >= 15 is 0 Å². The lowest BCUT2D eigenvalue weighted by molar-refractivity contribution is 0.159. The van der Waals surface area contributed by atoms with Crippen molar-refractivity contribution in [3.05, 3.63) is 34.4 Å². The Bertz CT molecular complexity index is 346. The molecular formula is C11H15NO. The molecule has 0 radical (unpaired) electrons. The van der Waals surface area contributed by atoms with Gasteiger partial charge in [-0.3, -0.25) is 0 Å². The smallest absolute Gasteiger partial charge is 0.0949 e. The van der Waals surface area contributed by atoms with Crippen molar-refractivity contribution < 1.29 is 5.11 Å². The highest BCUT2D eigenvalue weighted by Crippen LogP contribution is 2.33. The Balaban J connectivity index is 2.59. The minimum atomic E-state index is -0.463. The molecule has 70 valence electrons. The van der Waals surface area contributed by atoms with Gasteiger partial charge >= 0.3 is 0 Å². The molecule has 3 N–H and O–H groups in total. The van der Waals surface area contributed by atoms with Gasteiger partial charge in [-0.05, 0) is 42.5 Å². The van der Waals surface area contributed by atoms with Crippen LogP contribution in [0.1, 0.15) is 28.4 Å². The first-order valence-electron chi connectivity index (χ1n) is 4.64. The Hall–Kier alpha value is -0.860. The summed E-state index contributed by atoms with van der Waals surface area (Å²) in [5.74, 6) is 0. The lowest BCUT2D eigenvalue weighted by Crippen LogP contribution is -2.24. The van der Waals surface area contributed by atoms with Gasteiger partial charge in [0.25, 0.3) is 0 Å². The van der Waals surface area contributed by atoms with E-state index in [1.807, 2.05) is 0 Å². The fraction of sp³-hybridized carbons (Fsp3) is 0.455.